The number of aromatic nitrogens is 3. The van der Waals surface area contributed by atoms with Gasteiger partial charge in [0, 0.05) is 20.7 Å². The van der Waals surface area contributed by atoms with E-state index in [0.29, 0.717) is 28.0 Å². The molecule has 0 atom stereocenters. The summed E-state index contributed by atoms with van der Waals surface area (Å²) in [6.45, 7) is 2.51. The first-order chi connectivity index (χ1) is 17.0. The average Bonchev–Trinajstić information content (AvgIpc) is 3.25. The zero-order chi connectivity index (χ0) is 24.8. The Bertz CT molecular complexity index is 1290. The number of nitrogens with zero attached hydrogens (tertiary/aromatic N) is 3. The van der Waals surface area contributed by atoms with Crippen LogP contribution < -0.4 is 4.74 Å². The number of thioether (sulfide) groups is 1. The smallest absolute Gasteiger partial charge is 0.360 e. The van der Waals surface area contributed by atoms with Gasteiger partial charge in [-0.25, -0.2) is 9.48 Å². The summed E-state index contributed by atoms with van der Waals surface area (Å²) in [6.07, 6.45) is 0. The van der Waals surface area contributed by atoms with Crippen LogP contribution in [0.25, 0.3) is 11.1 Å². The van der Waals surface area contributed by atoms with Crippen LogP contribution in [0, 0.1) is 0 Å². The van der Waals surface area contributed by atoms with Crippen molar-refractivity contribution < 1.29 is 14.3 Å². The molecule has 3 aromatic carbocycles. The number of rotatable bonds is 9. The maximum Gasteiger partial charge on any atom is 0.360 e. The minimum absolute atomic E-state index is 0.234. The molecule has 0 aliphatic carbocycles. The second-order valence-corrected chi connectivity index (χ2v) is 9.50. The number of ether oxygens (including phenoxy) is 2. The maximum atomic E-state index is 12.5. The van der Waals surface area contributed by atoms with Gasteiger partial charge in [0.1, 0.15) is 5.75 Å². The Morgan fingerprint density at radius 3 is 2.29 bits per heavy atom. The lowest BCUT2D eigenvalue weighted by Crippen LogP contribution is -2.11. The normalized spacial score (nSPS) is 10.9. The lowest BCUT2D eigenvalue weighted by Gasteiger charge is -2.10. The first kappa shape index (κ1) is 25.1. The van der Waals surface area contributed by atoms with Crippen molar-refractivity contribution >= 4 is 40.9 Å². The van der Waals surface area contributed by atoms with E-state index >= 15 is 0 Å². The zero-order valence-electron chi connectivity index (χ0n) is 19.2. The molecule has 180 valence electrons. The number of carbonyl (C=O) groups excluding carboxylic acids is 1. The SMILES string of the molecule is CCOC(=O)c1nnn(Cc2ccc(OC)cc2)c1CSc1ccc(-c2cc(Cl)cc(Cl)c2)cc1. The second-order valence-electron chi connectivity index (χ2n) is 7.58. The fourth-order valence-corrected chi connectivity index (χ4v) is 4.92. The van der Waals surface area contributed by atoms with Crippen molar-refractivity contribution in [3.63, 3.8) is 0 Å². The molecule has 9 heteroatoms. The number of benzene rings is 3. The lowest BCUT2D eigenvalue weighted by molar-refractivity contribution is 0.0518. The Kier molecular flexibility index (Phi) is 8.33. The third-order valence-corrected chi connectivity index (χ3v) is 6.68. The molecule has 4 aromatic rings. The summed E-state index contributed by atoms with van der Waals surface area (Å²) in [5, 5.41) is 9.54. The van der Waals surface area contributed by atoms with E-state index in [9.17, 15) is 4.79 Å². The molecule has 0 N–H and O–H groups in total. The van der Waals surface area contributed by atoms with Crippen LogP contribution in [-0.4, -0.2) is 34.7 Å². The summed E-state index contributed by atoms with van der Waals surface area (Å²) < 4.78 is 12.2. The van der Waals surface area contributed by atoms with Gasteiger partial charge in [-0.2, -0.15) is 0 Å². The van der Waals surface area contributed by atoms with E-state index in [1.807, 2.05) is 60.7 Å². The minimum atomic E-state index is -0.475. The number of halogens is 2. The third-order valence-electron chi connectivity index (χ3n) is 5.22. The number of methoxy groups -OCH3 is 1. The predicted molar refractivity (Wildman–Crippen MR) is 140 cm³/mol. The molecule has 0 unspecified atom stereocenters. The van der Waals surface area contributed by atoms with Crippen molar-refractivity contribution in [1.82, 2.24) is 15.0 Å². The van der Waals surface area contributed by atoms with Gasteiger partial charge >= 0.3 is 5.97 Å². The van der Waals surface area contributed by atoms with Gasteiger partial charge in [0.05, 0.1) is 26.0 Å². The van der Waals surface area contributed by atoms with Crippen LogP contribution in [-0.2, 0) is 17.0 Å². The van der Waals surface area contributed by atoms with Crippen molar-refractivity contribution in [3.8, 4) is 16.9 Å². The fourth-order valence-electron chi connectivity index (χ4n) is 3.48. The highest BCUT2D eigenvalue weighted by molar-refractivity contribution is 7.98. The largest absolute Gasteiger partial charge is 0.497 e. The van der Waals surface area contributed by atoms with Crippen LogP contribution in [0.15, 0.2) is 71.6 Å². The molecule has 0 aliphatic rings. The summed E-state index contributed by atoms with van der Waals surface area (Å²) in [5.74, 6) is 0.802. The van der Waals surface area contributed by atoms with E-state index < -0.39 is 5.97 Å². The molecule has 6 nitrogen and oxygen atoms in total. The molecule has 0 aliphatic heterocycles. The molecule has 0 bridgehead atoms. The van der Waals surface area contributed by atoms with E-state index in [2.05, 4.69) is 10.3 Å². The highest BCUT2D eigenvalue weighted by Crippen LogP contribution is 2.30. The van der Waals surface area contributed by atoms with Gasteiger partial charge in [-0.3, -0.25) is 0 Å². The van der Waals surface area contributed by atoms with E-state index in [0.717, 1.165) is 27.3 Å². The van der Waals surface area contributed by atoms with Gasteiger partial charge in [-0.1, -0.05) is 52.7 Å². The number of carbonyl (C=O) groups is 1. The lowest BCUT2D eigenvalue weighted by atomic mass is 10.1. The molecule has 0 amide bonds. The van der Waals surface area contributed by atoms with Crippen LogP contribution in [0.5, 0.6) is 5.75 Å². The zero-order valence-corrected chi connectivity index (χ0v) is 21.5. The Morgan fingerprint density at radius 2 is 1.66 bits per heavy atom. The Balaban J connectivity index is 1.53. The Morgan fingerprint density at radius 1 is 0.971 bits per heavy atom. The number of hydrogen-bond donors (Lipinski definition) is 0. The van der Waals surface area contributed by atoms with Gasteiger partial charge in [-0.15, -0.1) is 16.9 Å². The number of hydrogen-bond acceptors (Lipinski definition) is 6. The molecule has 0 spiro atoms. The van der Waals surface area contributed by atoms with E-state index in [1.54, 1.807) is 36.5 Å². The van der Waals surface area contributed by atoms with Crippen molar-refractivity contribution in [2.24, 2.45) is 0 Å². The van der Waals surface area contributed by atoms with Crippen molar-refractivity contribution in [3.05, 3.63) is 93.7 Å². The molecular weight excluding hydrogens is 505 g/mol. The second kappa shape index (κ2) is 11.6. The number of esters is 1. The molecule has 0 saturated heterocycles. The van der Waals surface area contributed by atoms with Crippen LogP contribution in [0.4, 0.5) is 0 Å². The molecule has 1 aromatic heterocycles. The Labute approximate surface area is 218 Å². The predicted octanol–water partition coefficient (Wildman–Crippen LogP) is 6.78. The minimum Gasteiger partial charge on any atom is -0.497 e. The van der Waals surface area contributed by atoms with E-state index in [-0.39, 0.29) is 12.3 Å². The average molecular weight is 528 g/mol. The summed E-state index contributed by atoms with van der Waals surface area (Å²) in [4.78, 5) is 13.5. The molecule has 35 heavy (non-hydrogen) atoms. The van der Waals surface area contributed by atoms with E-state index in [1.165, 1.54) is 0 Å². The topological polar surface area (TPSA) is 66.2 Å². The molecule has 0 radical (unpaired) electrons. The standard InChI is InChI=1S/C26H23Cl2N3O3S/c1-3-34-26(32)25-24(31(30-29-25)15-17-4-8-22(33-2)9-5-17)16-35-23-10-6-18(7-11-23)19-12-20(27)14-21(28)13-19/h4-14H,3,15-16H2,1-2H3. The first-order valence-corrected chi connectivity index (χ1v) is 12.6. The van der Waals surface area contributed by atoms with Crippen LogP contribution in [0.2, 0.25) is 10.0 Å². The van der Waals surface area contributed by atoms with Crippen molar-refractivity contribution in [2.45, 2.75) is 24.1 Å². The molecule has 1 heterocycles. The van der Waals surface area contributed by atoms with Crippen LogP contribution in [0.1, 0.15) is 28.7 Å². The summed E-state index contributed by atoms with van der Waals surface area (Å²) in [5.41, 5.74) is 3.91. The van der Waals surface area contributed by atoms with E-state index in [4.69, 9.17) is 32.7 Å². The van der Waals surface area contributed by atoms with Crippen molar-refractivity contribution in [1.29, 1.82) is 0 Å². The first-order valence-electron chi connectivity index (χ1n) is 10.9. The summed E-state index contributed by atoms with van der Waals surface area (Å²) >= 11 is 13.9. The summed E-state index contributed by atoms with van der Waals surface area (Å²) in [7, 11) is 1.63. The third kappa shape index (κ3) is 6.36. The Hall–Kier alpha value is -3.00. The fraction of sp³-hybridized carbons (Fsp3) is 0.192. The van der Waals surface area contributed by atoms with Crippen LogP contribution >= 0.6 is 35.0 Å². The monoisotopic (exact) mass is 527 g/mol. The molecule has 0 saturated carbocycles. The maximum absolute atomic E-state index is 12.5. The summed E-state index contributed by atoms with van der Waals surface area (Å²) in [6, 6.07) is 21.3. The molecule has 0 fully saturated rings. The van der Waals surface area contributed by atoms with Gasteiger partial charge in [0.25, 0.3) is 0 Å². The quantitative estimate of drug-likeness (QED) is 0.176. The molecular formula is C26H23Cl2N3O3S. The highest BCUT2D eigenvalue weighted by Gasteiger charge is 2.21. The van der Waals surface area contributed by atoms with Gasteiger partial charge in [-0.05, 0) is 66.1 Å². The van der Waals surface area contributed by atoms with Crippen LogP contribution in [0.3, 0.4) is 0 Å². The molecule has 4 rings (SSSR count). The van der Waals surface area contributed by atoms with Gasteiger partial charge in [0.2, 0.25) is 0 Å². The highest BCUT2D eigenvalue weighted by atomic mass is 35.5. The van der Waals surface area contributed by atoms with Gasteiger partial charge in [0.15, 0.2) is 5.69 Å². The van der Waals surface area contributed by atoms with Crippen molar-refractivity contribution in [2.75, 3.05) is 13.7 Å². The van der Waals surface area contributed by atoms with Gasteiger partial charge < -0.3 is 9.47 Å².